The first-order chi connectivity index (χ1) is 15.7. The summed E-state index contributed by atoms with van der Waals surface area (Å²) in [4.78, 5) is 27.4. The second-order valence-electron chi connectivity index (χ2n) is 7.39. The molecule has 0 bridgehead atoms. The maximum absolute atomic E-state index is 13.0. The first-order valence-electron chi connectivity index (χ1n) is 10.2. The normalized spacial score (nSPS) is 15.0. The summed E-state index contributed by atoms with van der Waals surface area (Å²) in [6.07, 6.45) is 1.74. The molecule has 0 saturated carbocycles. The average molecular weight is 438 g/mol. The van der Waals surface area contributed by atoms with Crippen LogP contribution in [0.1, 0.15) is 11.1 Å². The van der Waals surface area contributed by atoms with Crippen LogP contribution in [0.3, 0.4) is 0 Å². The van der Waals surface area contributed by atoms with Crippen molar-refractivity contribution in [2.75, 3.05) is 0 Å². The SMILES string of the molecule is O=C1S/C(=C/c2cccc(Oc3ccccc3)c2)C(=O)N1Cc1cccc2ccccc12. The standard InChI is InChI=1S/C27H19NO3S/c29-26-25(17-19-8-6-14-23(16-19)31-22-12-2-1-3-13-22)32-27(30)28(26)18-21-11-7-10-20-9-4-5-15-24(20)21/h1-17H,18H2/b25-17+. The van der Waals surface area contributed by atoms with E-state index in [2.05, 4.69) is 0 Å². The van der Waals surface area contributed by atoms with Crippen molar-refractivity contribution >= 4 is 39.8 Å². The van der Waals surface area contributed by atoms with Gasteiger partial charge in [-0.25, -0.2) is 0 Å². The molecule has 2 amide bonds. The minimum Gasteiger partial charge on any atom is -0.457 e. The van der Waals surface area contributed by atoms with Crippen LogP contribution in [0.15, 0.2) is 102 Å². The third-order valence-electron chi connectivity index (χ3n) is 5.22. The van der Waals surface area contributed by atoms with Gasteiger partial charge in [0.25, 0.3) is 11.1 Å². The van der Waals surface area contributed by atoms with Gasteiger partial charge in [0.2, 0.25) is 0 Å². The monoisotopic (exact) mass is 437 g/mol. The molecule has 5 rings (SSSR count). The predicted octanol–water partition coefficient (Wildman–Crippen LogP) is 6.87. The quantitative estimate of drug-likeness (QED) is 0.320. The predicted molar refractivity (Wildman–Crippen MR) is 128 cm³/mol. The molecule has 0 spiro atoms. The summed E-state index contributed by atoms with van der Waals surface area (Å²) in [6.45, 7) is 0.251. The number of ether oxygens (including phenoxy) is 1. The molecule has 4 aromatic rings. The number of fused-ring (bicyclic) bond motifs is 1. The number of para-hydroxylation sites is 1. The number of nitrogens with zero attached hydrogens (tertiary/aromatic N) is 1. The van der Waals surface area contributed by atoms with Crippen molar-refractivity contribution in [3.63, 3.8) is 0 Å². The van der Waals surface area contributed by atoms with Crippen molar-refractivity contribution in [3.8, 4) is 11.5 Å². The maximum Gasteiger partial charge on any atom is 0.293 e. The Kier molecular flexibility index (Phi) is 5.48. The summed E-state index contributed by atoms with van der Waals surface area (Å²) in [5, 5.41) is 1.87. The Hall–Kier alpha value is -3.83. The maximum atomic E-state index is 13.0. The van der Waals surface area contributed by atoms with E-state index >= 15 is 0 Å². The van der Waals surface area contributed by atoms with E-state index in [9.17, 15) is 9.59 Å². The summed E-state index contributed by atoms with van der Waals surface area (Å²) in [6, 6.07) is 30.9. The molecule has 5 heteroatoms. The first-order valence-corrected chi connectivity index (χ1v) is 11.0. The summed E-state index contributed by atoms with van der Waals surface area (Å²) in [5.74, 6) is 1.13. The van der Waals surface area contributed by atoms with Crippen LogP contribution in [-0.2, 0) is 11.3 Å². The van der Waals surface area contributed by atoms with E-state index in [1.807, 2.05) is 97.1 Å². The molecule has 1 saturated heterocycles. The smallest absolute Gasteiger partial charge is 0.293 e. The molecule has 0 aromatic heterocycles. The van der Waals surface area contributed by atoms with Crippen molar-refractivity contribution in [1.82, 2.24) is 4.90 Å². The molecule has 0 radical (unpaired) electrons. The van der Waals surface area contributed by atoms with Gasteiger partial charge in [0, 0.05) is 0 Å². The molecular weight excluding hydrogens is 418 g/mol. The molecule has 32 heavy (non-hydrogen) atoms. The van der Waals surface area contributed by atoms with Crippen molar-refractivity contribution < 1.29 is 14.3 Å². The van der Waals surface area contributed by atoms with Crippen LogP contribution in [0.2, 0.25) is 0 Å². The Morgan fingerprint density at radius 3 is 2.38 bits per heavy atom. The first kappa shape index (κ1) is 20.1. The van der Waals surface area contributed by atoms with Crippen LogP contribution < -0.4 is 4.74 Å². The molecule has 156 valence electrons. The lowest BCUT2D eigenvalue weighted by molar-refractivity contribution is -0.123. The fourth-order valence-corrected chi connectivity index (χ4v) is 4.52. The molecule has 1 heterocycles. The Morgan fingerprint density at radius 1 is 0.781 bits per heavy atom. The van der Waals surface area contributed by atoms with Crippen molar-refractivity contribution in [1.29, 1.82) is 0 Å². The largest absolute Gasteiger partial charge is 0.457 e. The van der Waals surface area contributed by atoms with Crippen LogP contribution in [0.5, 0.6) is 11.5 Å². The topological polar surface area (TPSA) is 46.6 Å². The average Bonchev–Trinajstić information content (AvgIpc) is 3.07. The van der Waals surface area contributed by atoms with Gasteiger partial charge in [0.15, 0.2) is 0 Å². The number of carbonyl (C=O) groups excluding carboxylic acids is 2. The van der Waals surface area contributed by atoms with Crippen LogP contribution in [0.4, 0.5) is 4.79 Å². The molecule has 1 aliphatic rings. The van der Waals surface area contributed by atoms with Gasteiger partial charge in [-0.2, -0.15) is 0 Å². The van der Waals surface area contributed by atoms with E-state index < -0.39 is 0 Å². The van der Waals surface area contributed by atoms with Gasteiger partial charge in [-0.3, -0.25) is 14.5 Å². The number of rotatable bonds is 5. The number of thioether (sulfide) groups is 1. The fraction of sp³-hybridized carbons (Fsp3) is 0.0370. The Balaban J connectivity index is 1.37. The number of imide groups is 1. The molecule has 0 aliphatic carbocycles. The third kappa shape index (κ3) is 4.15. The van der Waals surface area contributed by atoms with Gasteiger partial charge in [0.05, 0.1) is 11.4 Å². The van der Waals surface area contributed by atoms with Crippen LogP contribution in [0.25, 0.3) is 16.8 Å². The zero-order valence-electron chi connectivity index (χ0n) is 17.1. The number of carbonyl (C=O) groups is 2. The van der Waals surface area contributed by atoms with Gasteiger partial charge < -0.3 is 4.74 Å². The molecular formula is C27H19NO3S. The highest BCUT2D eigenvalue weighted by Crippen LogP contribution is 2.35. The van der Waals surface area contributed by atoms with Crippen LogP contribution in [0, 0.1) is 0 Å². The molecule has 1 aliphatic heterocycles. The Bertz CT molecular complexity index is 1340. The number of amides is 2. The summed E-state index contributed by atoms with van der Waals surface area (Å²) < 4.78 is 5.87. The van der Waals surface area contributed by atoms with Gasteiger partial charge in [-0.15, -0.1) is 0 Å². The van der Waals surface area contributed by atoms with Gasteiger partial charge in [-0.05, 0) is 64.0 Å². The third-order valence-corrected chi connectivity index (χ3v) is 6.12. The Labute approximate surface area is 190 Å². The highest BCUT2D eigenvalue weighted by Gasteiger charge is 2.35. The van der Waals surface area contributed by atoms with Crippen molar-refractivity contribution in [3.05, 3.63) is 113 Å². The zero-order chi connectivity index (χ0) is 21.9. The molecule has 4 aromatic carbocycles. The highest BCUT2D eigenvalue weighted by atomic mass is 32.2. The fourth-order valence-electron chi connectivity index (χ4n) is 3.68. The molecule has 1 fully saturated rings. The molecule has 4 nitrogen and oxygen atoms in total. The second kappa shape index (κ2) is 8.73. The van der Waals surface area contributed by atoms with E-state index in [1.54, 1.807) is 6.08 Å². The number of hydrogen-bond acceptors (Lipinski definition) is 4. The summed E-state index contributed by atoms with van der Waals surface area (Å²) in [5.41, 5.74) is 1.75. The van der Waals surface area contributed by atoms with E-state index in [0.29, 0.717) is 10.7 Å². The molecule has 0 unspecified atom stereocenters. The van der Waals surface area contributed by atoms with Gasteiger partial charge in [0.1, 0.15) is 11.5 Å². The summed E-state index contributed by atoms with van der Waals surface area (Å²) in [7, 11) is 0. The summed E-state index contributed by atoms with van der Waals surface area (Å²) >= 11 is 0.969. The van der Waals surface area contributed by atoms with Crippen molar-refractivity contribution in [2.24, 2.45) is 0 Å². The lowest BCUT2D eigenvalue weighted by Gasteiger charge is -2.14. The Morgan fingerprint density at radius 2 is 1.50 bits per heavy atom. The van der Waals surface area contributed by atoms with Gasteiger partial charge >= 0.3 is 0 Å². The highest BCUT2D eigenvalue weighted by molar-refractivity contribution is 8.18. The lowest BCUT2D eigenvalue weighted by atomic mass is 10.0. The zero-order valence-corrected chi connectivity index (χ0v) is 17.9. The van der Waals surface area contributed by atoms with Crippen LogP contribution >= 0.6 is 11.8 Å². The minimum absolute atomic E-state index is 0.251. The van der Waals surface area contributed by atoms with E-state index in [1.165, 1.54) is 4.90 Å². The number of hydrogen-bond donors (Lipinski definition) is 0. The number of benzene rings is 4. The minimum atomic E-state index is -0.276. The van der Waals surface area contributed by atoms with Gasteiger partial charge in [-0.1, -0.05) is 72.8 Å². The molecule has 0 atom stereocenters. The van der Waals surface area contributed by atoms with E-state index in [-0.39, 0.29) is 17.7 Å². The van der Waals surface area contributed by atoms with E-state index in [4.69, 9.17) is 4.74 Å². The van der Waals surface area contributed by atoms with E-state index in [0.717, 1.165) is 39.4 Å². The molecule has 0 N–H and O–H groups in total. The van der Waals surface area contributed by atoms with Crippen molar-refractivity contribution in [2.45, 2.75) is 6.54 Å². The second-order valence-corrected chi connectivity index (χ2v) is 8.39. The lowest BCUT2D eigenvalue weighted by Crippen LogP contribution is -2.27. The van der Waals surface area contributed by atoms with Crippen LogP contribution in [-0.4, -0.2) is 16.0 Å².